The Bertz CT molecular complexity index is 1050. The van der Waals surface area contributed by atoms with Gasteiger partial charge in [-0.3, -0.25) is 10.2 Å². The molecule has 192 valence electrons. The molecule has 0 heterocycles. The molecule has 3 rings (SSSR count). The summed E-state index contributed by atoms with van der Waals surface area (Å²) >= 11 is 0. The molecule has 2 aromatic carbocycles. The van der Waals surface area contributed by atoms with E-state index in [4.69, 9.17) is 0 Å². The number of hydrogen-bond acceptors (Lipinski definition) is 2. The van der Waals surface area contributed by atoms with E-state index in [2.05, 4.69) is 0 Å². The summed E-state index contributed by atoms with van der Waals surface area (Å²) in [5.74, 6) is -2.77. The minimum Gasteiger partial charge on any atom is -0.290 e. The standard InChI is InChI=1S/C20H12F12N2O/c21-17(22,23)10-3-1-4-11(18(24,25)26)14(10)33-34(16(35)9-7-8-9)15-12(19(27,28)29)5-2-6-13(15)20(30,31)32/h1-6,9,33H,7-8H2. The van der Waals surface area contributed by atoms with Crippen molar-refractivity contribution in [2.45, 2.75) is 37.5 Å². The Balaban J connectivity index is 2.36. The number of amides is 1. The predicted molar refractivity (Wildman–Crippen MR) is 96.7 cm³/mol. The van der Waals surface area contributed by atoms with Crippen molar-refractivity contribution < 1.29 is 57.5 Å². The highest BCUT2D eigenvalue weighted by Gasteiger charge is 2.48. The van der Waals surface area contributed by atoms with E-state index in [1.807, 2.05) is 0 Å². The van der Waals surface area contributed by atoms with Gasteiger partial charge in [-0.25, -0.2) is 5.01 Å². The normalized spacial score (nSPS) is 15.2. The van der Waals surface area contributed by atoms with E-state index in [-0.39, 0.29) is 37.1 Å². The summed E-state index contributed by atoms with van der Waals surface area (Å²) in [5.41, 5.74) is -10.8. The number of nitrogens with zero attached hydrogens (tertiary/aromatic N) is 1. The Morgan fingerprint density at radius 1 is 0.657 bits per heavy atom. The largest absolute Gasteiger partial charge is 0.418 e. The van der Waals surface area contributed by atoms with Gasteiger partial charge in [0.05, 0.1) is 33.6 Å². The summed E-state index contributed by atoms with van der Waals surface area (Å²) in [6.45, 7) is 0. The Morgan fingerprint density at radius 2 is 1.00 bits per heavy atom. The van der Waals surface area contributed by atoms with Crippen molar-refractivity contribution in [2.75, 3.05) is 10.4 Å². The van der Waals surface area contributed by atoms with E-state index >= 15 is 0 Å². The van der Waals surface area contributed by atoms with Gasteiger partial charge in [0.1, 0.15) is 0 Å². The number of benzene rings is 2. The van der Waals surface area contributed by atoms with Crippen LogP contribution in [0.25, 0.3) is 0 Å². The molecule has 0 aromatic heterocycles. The summed E-state index contributed by atoms with van der Waals surface area (Å²) in [7, 11) is 0. The molecule has 0 aliphatic heterocycles. The zero-order chi connectivity index (χ0) is 26.6. The van der Waals surface area contributed by atoms with E-state index in [1.54, 1.807) is 0 Å². The predicted octanol–water partition coefficient (Wildman–Crippen LogP) is 7.53. The molecule has 0 atom stereocenters. The second kappa shape index (κ2) is 8.52. The quantitative estimate of drug-likeness (QED) is 0.331. The number of para-hydroxylation sites is 2. The van der Waals surface area contributed by atoms with Gasteiger partial charge in [0.2, 0.25) is 5.91 Å². The lowest BCUT2D eigenvalue weighted by Crippen LogP contribution is -2.41. The van der Waals surface area contributed by atoms with Crippen LogP contribution in [0, 0.1) is 5.92 Å². The molecular formula is C20H12F12N2O. The first-order valence-electron chi connectivity index (χ1n) is 9.49. The summed E-state index contributed by atoms with van der Waals surface area (Å²) in [5, 5.41) is -0.511. The van der Waals surface area contributed by atoms with Crippen LogP contribution < -0.4 is 10.4 Å². The SMILES string of the molecule is O=C(C1CC1)N(Nc1c(C(F)(F)F)cccc1C(F)(F)F)c1c(C(F)(F)F)cccc1C(F)(F)F. The first kappa shape index (κ1) is 26.5. The summed E-state index contributed by atoms with van der Waals surface area (Å²) < 4.78 is 163. The lowest BCUT2D eigenvalue weighted by atomic mass is 10.0. The molecule has 0 unspecified atom stereocenters. The van der Waals surface area contributed by atoms with Crippen LogP contribution >= 0.6 is 0 Å². The minimum absolute atomic E-state index is 0.0421. The van der Waals surface area contributed by atoms with E-state index in [0.717, 1.165) is 0 Å². The van der Waals surface area contributed by atoms with Crippen LogP contribution in [0.5, 0.6) is 0 Å². The fourth-order valence-electron chi connectivity index (χ4n) is 3.23. The summed E-state index contributed by atoms with van der Waals surface area (Å²) in [4.78, 5) is 12.8. The maximum atomic E-state index is 13.6. The number of halogens is 12. The second-order valence-electron chi connectivity index (χ2n) is 7.48. The molecule has 0 bridgehead atoms. The molecule has 3 nitrogen and oxygen atoms in total. The molecule has 1 amide bonds. The van der Waals surface area contributed by atoms with Gasteiger partial charge < -0.3 is 0 Å². The summed E-state index contributed by atoms with van der Waals surface area (Å²) in [6, 6.07) is 1.23. The zero-order valence-corrected chi connectivity index (χ0v) is 16.8. The molecule has 35 heavy (non-hydrogen) atoms. The fourth-order valence-corrected chi connectivity index (χ4v) is 3.23. The van der Waals surface area contributed by atoms with Gasteiger partial charge >= 0.3 is 24.7 Å². The second-order valence-corrected chi connectivity index (χ2v) is 7.48. The Kier molecular flexibility index (Phi) is 6.44. The van der Waals surface area contributed by atoms with Crippen molar-refractivity contribution >= 4 is 17.3 Å². The number of nitrogens with one attached hydrogen (secondary N) is 1. The van der Waals surface area contributed by atoms with E-state index in [9.17, 15) is 57.5 Å². The number of anilines is 2. The van der Waals surface area contributed by atoms with Crippen LogP contribution in [0.1, 0.15) is 35.1 Å². The summed E-state index contributed by atoms with van der Waals surface area (Å²) in [6.07, 6.45) is -22.2. The number of carbonyl (C=O) groups is 1. The number of rotatable bonds is 4. The van der Waals surface area contributed by atoms with Crippen molar-refractivity contribution in [3.05, 3.63) is 58.7 Å². The lowest BCUT2D eigenvalue weighted by molar-refractivity contribution is -0.144. The van der Waals surface area contributed by atoms with Crippen LogP contribution in [-0.4, -0.2) is 5.91 Å². The number of carbonyl (C=O) groups excluding carboxylic acids is 1. The molecule has 0 spiro atoms. The molecule has 0 saturated heterocycles. The smallest absolute Gasteiger partial charge is 0.290 e. The van der Waals surface area contributed by atoms with Crippen LogP contribution in [0.3, 0.4) is 0 Å². The van der Waals surface area contributed by atoms with Gasteiger partial charge in [0, 0.05) is 5.92 Å². The highest BCUT2D eigenvalue weighted by molar-refractivity contribution is 6.00. The molecule has 1 aliphatic rings. The van der Waals surface area contributed by atoms with Crippen LogP contribution in [-0.2, 0) is 29.5 Å². The first-order valence-corrected chi connectivity index (χ1v) is 9.49. The lowest BCUT2D eigenvalue weighted by Gasteiger charge is -2.32. The average molecular weight is 524 g/mol. The maximum Gasteiger partial charge on any atom is 0.418 e. The van der Waals surface area contributed by atoms with Crippen molar-refractivity contribution in [1.29, 1.82) is 0 Å². The third-order valence-electron chi connectivity index (χ3n) is 4.92. The Labute approximate surface area is 188 Å². The fraction of sp³-hybridized carbons (Fsp3) is 0.350. The molecule has 1 N–H and O–H groups in total. The van der Waals surface area contributed by atoms with Gasteiger partial charge in [-0.2, -0.15) is 52.7 Å². The zero-order valence-electron chi connectivity index (χ0n) is 16.8. The molecule has 15 heteroatoms. The van der Waals surface area contributed by atoms with Gasteiger partial charge in [-0.05, 0) is 37.1 Å². The molecule has 0 radical (unpaired) electrons. The van der Waals surface area contributed by atoms with Gasteiger partial charge in [0.15, 0.2) is 0 Å². The third kappa shape index (κ3) is 5.59. The molecule has 1 saturated carbocycles. The van der Waals surface area contributed by atoms with Crippen molar-refractivity contribution in [1.82, 2.24) is 0 Å². The molecule has 1 fully saturated rings. The molecule has 2 aromatic rings. The van der Waals surface area contributed by atoms with Crippen molar-refractivity contribution in [3.8, 4) is 0 Å². The van der Waals surface area contributed by atoms with Gasteiger partial charge in [-0.15, -0.1) is 0 Å². The topological polar surface area (TPSA) is 32.3 Å². The van der Waals surface area contributed by atoms with Crippen molar-refractivity contribution in [3.63, 3.8) is 0 Å². The monoisotopic (exact) mass is 524 g/mol. The Morgan fingerprint density at radius 3 is 1.31 bits per heavy atom. The number of hydrogen-bond donors (Lipinski definition) is 1. The third-order valence-corrected chi connectivity index (χ3v) is 4.92. The average Bonchev–Trinajstić information content (AvgIpc) is 3.53. The molecular weight excluding hydrogens is 512 g/mol. The highest BCUT2D eigenvalue weighted by atomic mass is 19.4. The number of hydrazine groups is 1. The van der Waals surface area contributed by atoms with E-state index in [0.29, 0.717) is 12.1 Å². The van der Waals surface area contributed by atoms with Crippen LogP contribution in [0.4, 0.5) is 64.1 Å². The van der Waals surface area contributed by atoms with Crippen LogP contribution in [0.15, 0.2) is 36.4 Å². The Hall–Kier alpha value is -3.13. The maximum absolute atomic E-state index is 13.6. The van der Waals surface area contributed by atoms with Gasteiger partial charge in [-0.1, -0.05) is 12.1 Å². The van der Waals surface area contributed by atoms with E-state index in [1.165, 1.54) is 5.43 Å². The molecule has 1 aliphatic carbocycles. The first-order chi connectivity index (χ1) is 15.8. The van der Waals surface area contributed by atoms with E-state index < -0.39 is 75.2 Å². The van der Waals surface area contributed by atoms with Crippen LogP contribution in [0.2, 0.25) is 0 Å². The van der Waals surface area contributed by atoms with Crippen molar-refractivity contribution in [2.24, 2.45) is 5.92 Å². The minimum atomic E-state index is -5.56. The van der Waals surface area contributed by atoms with Gasteiger partial charge in [0.25, 0.3) is 0 Å². The number of alkyl halides is 12. The highest BCUT2D eigenvalue weighted by Crippen LogP contribution is 2.48.